The van der Waals surface area contributed by atoms with Gasteiger partial charge in [-0.25, -0.2) is 4.79 Å². The van der Waals surface area contributed by atoms with Crippen LogP contribution in [0.15, 0.2) is 48.5 Å². The van der Waals surface area contributed by atoms with Crippen molar-refractivity contribution in [3.05, 3.63) is 59.7 Å². The molecule has 2 rings (SSSR count). The Morgan fingerprint density at radius 2 is 1.70 bits per heavy atom. The summed E-state index contributed by atoms with van der Waals surface area (Å²) in [7, 11) is 0. The van der Waals surface area contributed by atoms with Crippen molar-refractivity contribution >= 4 is 29.2 Å². The Balaban J connectivity index is 1.88. The predicted molar refractivity (Wildman–Crippen MR) is 105 cm³/mol. The summed E-state index contributed by atoms with van der Waals surface area (Å²) in [5, 5.41) is 5.29. The van der Waals surface area contributed by atoms with E-state index in [1.165, 1.54) is 18.6 Å². The number of anilines is 2. The Kier molecular flexibility index (Phi) is 7.11. The fraction of sp³-hybridized carbons (Fsp3) is 0.286. The Bertz CT molecular complexity index is 815. The van der Waals surface area contributed by atoms with Crippen molar-refractivity contribution < 1.29 is 19.1 Å². The topological polar surface area (TPSA) is 84.5 Å². The van der Waals surface area contributed by atoms with Crippen LogP contribution in [0.1, 0.15) is 49.0 Å². The number of hydrogen-bond donors (Lipinski definition) is 2. The molecule has 1 atom stereocenters. The maximum atomic E-state index is 12.1. The molecule has 27 heavy (non-hydrogen) atoms. The summed E-state index contributed by atoms with van der Waals surface area (Å²) in [6, 6.07) is 14.0. The SMILES string of the molecule is CC[C@H](C)c1ccc(NC(=O)COC(=O)c2cccc(NC(C)=O)c2)cc1. The number of carbonyl (C=O) groups is 3. The first-order chi connectivity index (χ1) is 12.9. The van der Waals surface area contributed by atoms with E-state index >= 15 is 0 Å². The first-order valence-electron chi connectivity index (χ1n) is 8.83. The molecule has 0 aliphatic heterocycles. The van der Waals surface area contributed by atoms with Gasteiger partial charge in [0.15, 0.2) is 6.61 Å². The molecule has 2 aromatic rings. The molecule has 0 heterocycles. The summed E-state index contributed by atoms with van der Waals surface area (Å²) in [4.78, 5) is 35.1. The smallest absolute Gasteiger partial charge is 0.338 e. The van der Waals surface area contributed by atoms with E-state index in [-0.39, 0.29) is 11.5 Å². The van der Waals surface area contributed by atoms with Crippen LogP contribution in [0.2, 0.25) is 0 Å². The second kappa shape index (κ2) is 9.52. The van der Waals surface area contributed by atoms with Gasteiger partial charge in [0.1, 0.15) is 0 Å². The third kappa shape index (κ3) is 6.26. The Morgan fingerprint density at radius 1 is 1.00 bits per heavy atom. The molecule has 0 fully saturated rings. The Hall–Kier alpha value is -3.15. The van der Waals surface area contributed by atoms with Crippen LogP contribution >= 0.6 is 0 Å². The molecule has 0 saturated carbocycles. The highest BCUT2D eigenvalue weighted by Crippen LogP contribution is 2.20. The quantitative estimate of drug-likeness (QED) is 0.725. The average molecular weight is 368 g/mol. The van der Waals surface area contributed by atoms with Gasteiger partial charge in [0.2, 0.25) is 5.91 Å². The van der Waals surface area contributed by atoms with Crippen molar-refractivity contribution in [3.8, 4) is 0 Å². The summed E-state index contributed by atoms with van der Waals surface area (Å²) >= 11 is 0. The molecule has 2 amide bonds. The minimum atomic E-state index is -0.635. The van der Waals surface area contributed by atoms with Crippen molar-refractivity contribution in [2.24, 2.45) is 0 Å². The van der Waals surface area contributed by atoms with E-state index in [4.69, 9.17) is 4.74 Å². The summed E-state index contributed by atoms with van der Waals surface area (Å²) in [5.41, 5.74) is 2.60. The number of carbonyl (C=O) groups excluding carboxylic acids is 3. The number of nitrogens with one attached hydrogen (secondary N) is 2. The largest absolute Gasteiger partial charge is 0.452 e. The Morgan fingerprint density at radius 3 is 2.33 bits per heavy atom. The molecule has 0 bridgehead atoms. The maximum absolute atomic E-state index is 12.1. The molecule has 2 N–H and O–H groups in total. The van der Waals surface area contributed by atoms with Gasteiger partial charge in [-0.1, -0.05) is 32.0 Å². The van der Waals surface area contributed by atoms with Crippen LogP contribution in [0.3, 0.4) is 0 Å². The number of benzene rings is 2. The second-order valence-electron chi connectivity index (χ2n) is 6.32. The summed E-state index contributed by atoms with van der Waals surface area (Å²) < 4.78 is 5.04. The second-order valence-corrected chi connectivity index (χ2v) is 6.32. The van der Waals surface area contributed by atoms with Crippen molar-refractivity contribution in [3.63, 3.8) is 0 Å². The zero-order valence-corrected chi connectivity index (χ0v) is 15.7. The molecule has 6 heteroatoms. The van der Waals surface area contributed by atoms with Gasteiger partial charge in [-0.15, -0.1) is 0 Å². The fourth-order valence-corrected chi connectivity index (χ4v) is 2.47. The molecular formula is C21H24N2O4. The highest BCUT2D eigenvalue weighted by atomic mass is 16.5. The van der Waals surface area contributed by atoms with Gasteiger partial charge in [-0.3, -0.25) is 9.59 Å². The van der Waals surface area contributed by atoms with Gasteiger partial charge in [-0.05, 0) is 48.2 Å². The van der Waals surface area contributed by atoms with Crippen LogP contribution in [0, 0.1) is 0 Å². The lowest BCUT2D eigenvalue weighted by Gasteiger charge is -2.11. The van der Waals surface area contributed by atoms with Crippen molar-refractivity contribution in [1.82, 2.24) is 0 Å². The molecule has 0 aromatic heterocycles. The van der Waals surface area contributed by atoms with Gasteiger partial charge in [0.25, 0.3) is 5.91 Å². The lowest BCUT2D eigenvalue weighted by Crippen LogP contribution is -2.21. The van der Waals surface area contributed by atoms with Crippen LogP contribution in [0.25, 0.3) is 0 Å². The predicted octanol–water partition coefficient (Wildman–Crippen LogP) is 3.95. The standard InChI is InChI=1S/C21H24N2O4/c1-4-14(2)16-8-10-18(11-9-16)23-20(25)13-27-21(26)17-6-5-7-19(12-17)22-15(3)24/h5-12,14H,4,13H2,1-3H3,(H,22,24)(H,23,25)/t14-/m0/s1. The van der Waals surface area contributed by atoms with Crippen LogP contribution < -0.4 is 10.6 Å². The first-order valence-corrected chi connectivity index (χ1v) is 8.83. The molecule has 0 radical (unpaired) electrons. The van der Waals surface area contributed by atoms with Gasteiger partial charge < -0.3 is 15.4 Å². The first kappa shape index (κ1) is 20.2. The number of esters is 1. The molecule has 0 aliphatic carbocycles. The molecule has 142 valence electrons. The molecule has 0 spiro atoms. The summed E-state index contributed by atoms with van der Waals surface area (Å²) in [5.74, 6) is -0.828. The lowest BCUT2D eigenvalue weighted by atomic mass is 9.99. The van der Waals surface area contributed by atoms with E-state index < -0.39 is 18.5 Å². The van der Waals surface area contributed by atoms with E-state index in [0.29, 0.717) is 17.3 Å². The zero-order chi connectivity index (χ0) is 19.8. The van der Waals surface area contributed by atoms with E-state index in [1.54, 1.807) is 18.2 Å². The molecule has 0 saturated heterocycles. The van der Waals surface area contributed by atoms with Crippen molar-refractivity contribution in [2.45, 2.75) is 33.1 Å². The van der Waals surface area contributed by atoms with Crippen LogP contribution in [-0.4, -0.2) is 24.4 Å². The zero-order valence-electron chi connectivity index (χ0n) is 15.7. The molecule has 0 unspecified atom stereocenters. The number of hydrogen-bond acceptors (Lipinski definition) is 4. The third-order valence-electron chi connectivity index (χ3n) is 4.13. The van der Waals surface area contributed by atoms with Crippen LogP contribution in [0.4, 0.5) is 11.4 Å². The van der Waals surface area contributed by atoms with E-state index in [9.17, 15) is 14.4 Å². The van der Waals surface area contributed by atoms with E-state index in [2.05, 4.69) is 24.5 Å². The molecule has 2 aromatic carbocycles. The minimum absolute atomic E-state index is 0.237. The molecule has 0 aliphatic rings. The van der Waals surface area contributed by atoms with E-state index in [0.717, 1.165) is 6.42 Å². The van der Waals surface area contributed by atoms with Crippen LogP contribution in [-0.2, 0) is 14.3 Å². The highest BCUT2D eigenvalue weighted by molar-refractivity contribution is 5.96. The number of amides is 2. The number of ether oxygens (including phenoxy) is 1. The van der Waals surface area contributed by atoms with Gasteiger partial charge in [0.05, 0.1) is 5.56 Å². The van der Waals surface area contributed by atoms with Crippen molar-refractivity contribution in [2.75, 3.05) is 17.2 Å². The van der Waals surface area contributed by atoms with Crippen LogP contribution in [0.5, 0.6) is 0 Å². The molecule has 6 nitrogen and oxygen atoms in total. The van der Waals surface area contributed by atoms with Crippen molar-refractivity contribution in [1.29, 1.82) is 0 Å². The Labute approximate surface area is 158 Å². The van der Waals surface area contributed by atoms with E-state index in [1.807, 2.05) is 24.3 Å². The minimum Gasteiger partial charge on any atom is -0.452 e. The highest BCUT2D eigenvalue weighted by Gasteiger charge is 2.11. The van der Waals surface area contributed by atoms with Gasteiger partial charge in [-0.2, -0.15) is 0 Å². The molecular weight excluding hydrogens is 344 g/mol. The average Bonchev–Trinajstić information content (AvgIpc) is 2.65. The van der Waals surface area contributed by atoms with Gasteiger partial charge in [0, 0.05) is 18.3 Å². The normalized spacial score (nSPS) is 11.4. The lowest BCUT2D eigenvalue weighted by molar-refractivity contribution is -0.119. The summed E-state index contributed by atoms with van der Waals surface area (Å²) in [6.45, 7) is 5.26. The maximum Gasteiger partial charge on any atom is 0.338 e. The van der Waals surface area contributed by atoms with Gasteiger partial charge >= 0.3 is 5.97 Å². The number of rotatable bonds is 7. The summed E-state index contributed by atoms with van der Waals surface area (Å²) in [6.07, 6.45) is 1.05. The third-order valence-corrected chi connectivity index (χ3v) is 4.13. The monoisotopic (exact) mass is 368 g/mol. The fourth-order valence-electron chi connectivity index (χ4n) is 2.47.